The Hall–Kier alpha value is -6.90. The van der Waals surface area contributed by atoms with Crippen LogP contribution in [0.5, 0.6) is 0 Å². The van der Waals surface area contributed by atoms with E-state index in [1.54, 1.807) is 12.2 Å². The van der Waals surface area contributed by atoms with Gasteiger partial charge in [-0.05, 0) is 117 Å². The highest BCUT2D eigenvalue weighted by Crippen LogP contribution is 2.40. The normalized spacial score (nSPS) is 13.6. The van der Waals surface area contributed by atoms with E-state index in [1.807, 2.05) is 50.6 Å². The molecule has 272 valence electrons. The number of aliphatic imine (C=N–C) groups is 1. The summed E-state index contributed by atoms with van der Waals surface area (Å²) in [5.74, 6) is 0. The van der Waals surface area contributed by atoms with Crippen molar-refractivity contribution in [3.8, 4) is 33.4 Å². The Balaban J connectivity index is 1.46. The molecule has 0 spiro atoms. The van der Waals surface area contributed by atoms with Crippen LogP contribution in [0, 0.1) is 0 Å². The van der Waals surface area contributed by atoms with Crippen LogP contribution in [0.25, 0.3) is 71.9 Å². The predicted octanol–water partition coefficient (Wildman–Crippen LogP) is 15.0. The van der Waals surface area contributed by atoms with Gasteiger partial charge in [0.15, 0.2) is 0 Å². The Morgan fingerprint density at radius 1 is 0.714 bits per heavy atom. The van der Waals surface area contributed by atoms with Gasteiger partial charge in [-0.3, -0.25) is 9.98 Å². The molecule has 0 saturated carbocycles. The lowest BCUT2D eigenvalue weighted by Crippen LogP contribution is -1.93. The Kier molecular flexibility index (Phi) is 11.4. The summed E-state index contributed by atoms with van der Waals surface area (Å²) >= 11 is 0. The molecule has 0 unspecified atom stereocenters. The first-order chi connectivity index (χ1) is 27.4. The fourth-order valence-corrected chi connectivity index (χ4v) is 7.62. The molecule has 6 aromatic rings. The Bertz CT molecular complexity index is 2700. The van der Waals surface area contributed by atoms with E-state index < -0.39 is 0 Å². The van der Waals surface area contributed by atoms with Crippen LogP contribution in [-0.4, -0.2) is 11.2 Å². The minimum atomic E-state index is 0.871. The third-order valence-electron chi connectivity index (χ3n) is 10.2. The highest BCUT2D eigenvalue weighted by atomic mass is 14.7. The first-order valence-electron chi connectivity index (χ1n) is 19.1. The molecular weight excluding hydrogens is 677 g/mol. The zero-order valence-electron chi connectivity index (χ0n) is 32.3. The average molecular weight is 723 g/mol. The number of hydrogen-bond donors (Lipinski definition) is 0. The van der Waals surface area contributed by atoms with E-state index in [0.29, 0.717) is 0 Å². The van der Waals surface area contributed by atoms with Gasteiger partial charge in [0.1, 0.15) is 0 Å². The number of benzene rings is 5. The number of aromatic nitrogens is 1. The molecule has 5 aromatic carbocycles. The second kappa shape index (κ2) is 17.1. The minimum absolute atomic E-state index is 0.871. The summed E-state index contributed by atoms with van der Waals surface area (Å²) in [6, 6.07) is 37.5. The van der Waals surface area contributed by atoms with E-state index in [0.717, 1.165) is 85.1 Å². The average Bonchev–Trinajstić information content (AvgIpc) is 3.24. The molecular formula is C54H46N2. The molecule has 0 bridgehead atoms. The second-order valence-electron chi connectivity index (χ2n) is 13.9. The Morgan fingerprint density at radius 3 is 2.05 bits per heavy atom. The number of nitrogens with zero attached hydrogens (tertiary/aromatic N) is 2. The lowest BCUT2D eigenvalue weighted by atomic mass is 9.88. The molecule has 0 N–H and O–H groups in total. The molecule has 1 aliphatic carbocycles. The van der Waals surface area contributed by atoms with Gasteiger partial charge in [0.05, 0.1) is 11.2 Å². The SMILES string of the molecule is C=C/C=C\C(C(=C)C)=C(\N=CC)c1ccc(-c2cc(-c3cccc4c(C5=CCCC=C5)cccc34)cc(-c3cccc4c(/C(C=C)=C/C=C)ccnc34)c2)cc1. The van der Waals surface area contributed by atoms with Crippen molar-refractivity contribution in [2.24, 2.45) is 4.99 Å². The standard InChI is InChI=1S/C54H46N2/c1-7-11-21-45(37(5)6)53(55-10-4)41-30-28-39(29-31-41)42-34-43(47-23-16-25-50-46(22-15-26-51(47)50)40-19-13-12-14-20-40)36-44(35-42)49-24-17-27-52-48(32-33-56-54(49)52)38(9-3)18-8-2/h7-11,13,15-36H,1-3,5,12,14H2,4,6H3/b21-11-,38-18+,53-45-,55-10?. The molecule has 1 aliphatic rings. The first kappa shape index (κ1) is 37.4. The predicted molar refractivity (Wildman–Crippen MR) is 246 cm³/mol. The van der Waals surface area contributed by atoms with Crippen LogP contribution in [0.4, 0.5) is 0 Å². The lowest BCUT2D eigenvalue weighted by molar-refractivity contribution is 1.04. The fourth-order valence-electron chi connectivity index (χ4n) is 7.62. The third kappa shape index (κ3) is 7.56. The molecule has 0 amide bonds. The molecule has 0 aliphatic heterocycles. The number of para-hydroxylation sites is 1. The molecule has 2 nitrogen and oxygen atoms in total. The number of pyridine rings is 1. The third-order valence-corrected chi connectivity index (χ3v) is 10.2. The zero-order chi connectivity index (χ0) is 39.0. The van der Waals surface area contributed by atoms with Gasteiger partial charge in [-0.2, -0.15) is 0 Å². The van der Waals surface area contributed by atoms with Crippen molar-refractivity contribution in [2.45, 2.75) is 26.7 Å². The van der Waals surface area contributed by atoms with Crippen LogP contribution < -0.4 is 0 Å². The van der Waals surface area contributed by atoms with Gasteiger partial charge in [-0.25, -0.2) is 0 Å². The van der Waals surface area contributed by atoms with Gasteiger partial charge in [-0.15, -0.1) is 0 Å². The largest absolute Gasteiger partial charge is 0.260 e. The van der Waals surface area contributed by atoms with Crippen molar-refractivity contribution in [3.63, 3.8) is 0 Å². The molecule has 1 heterocycles. The van der Waals surface area contributed by atoms with Gasteiger partial charge in [-0.1, -0.05) is 160 Å². The van der Waals surface area contributed by atoms with Crippen LogP contribution in [0.1, 0.15) is 43.4 Å². The van der Waals surface area contributed by atoms with E-state index in [9.17, 15) is 0 Å². The van der Waals surface area contributed by atoms with Crippen molar-refractivity contribution in [1.29, 1.82) is 0 Å². The van der Waals surface area contributed by atoms with Crippen molar-refractivity contribution < 1.29 is 0 Å². The number of hydrogen-bond acceptors (Lipinski definition) is 2. The van der Waals surface area contributed by atoms with Gasteiger partial charge in [0.2, 0.25) is 0 Å². The maximum absolute atomic E-state index is 4.98. The number of allylic oxidation sites excluding steroid dienone is 13. The van der Waals surface area contributed by atoms with Gasteiger partial charge >= 0.3 is 0 Å². The van der Waals surface area contributed by atoms with Crippen LogP contribution in [-0.2, 0) is 0 Å². The minimum Gasteiger partial charge on any atom is -0.260 e. The molecule has 1 aromatic heterocycles. The maximum Gasteiger partial charge on any atom is 0.0786 e. The monoisotopic (exact) mass is 722 g/mol. The topological polar surface area (TPSA) is 25.2 Å². The molecule has 0 atom stereocenters. The van der Waals surface area contributed by atoms with E-state index in [2.05, 4.69) is 148 Å². The summed E-state index contributed by atoms with van der Waals surface area (Å²) in [7, 11) is 0. The molecule has 7 rings (SSSR count). The van der Waals surface area contributed by atoms with Gasteiger partial charge in [0.25, 0.3) is 0 Å². The summed E-state index contributed by atoms with van der Waals surface area (Å²) in [6.07, 6.45) is 24.1. The first-order valence-corrected chi connectivity index (χ1v) is 19.1. The van der Waals surface area contributed by atoms with Gasteiger partial charge in [0, 0.05) is 34.5 Å². The van der Waals surface area contributed by atoms with Crippen molar-refractivity contribution >= 4 is 44.7 Å². The van der Waals surface area contributed by atoms with Crippen LogP contribution in [0.15, 0.2) is 206 Å². The number of rotatable bonds is 12. The van der Waals surface area contributed by atoms with Crippen LogP contribution >= 0.6 is 0 Å². The van der Waals surface area contributed by atoms with E-state index >= 15 is 0 Å². The van der Waals surface area contributed by atoms with E-state index in [4.69, 9.17) is 9.98 Å². The summed E-state index contributed by atoms with van der Waals surface area (Å²) < 4.78 is 0. The van der Waals surface area contributed by atoms with Crippen LogP contribution in [0.2, 0.25) is 0 Å². The van der Waals surface area contributed by atoms with Crippen molar-refractivity contribution in [3.05, 3.63) is 218 Å². The molecule has 0 saturated heterocycles. The van der Waals surface area contributed by atoms with Crippen molar-refractivity contribution in [2.75, 3.05) is 0 Å². The van der Waals surface area contributed by atoms with E-state index in [1.165, 1.54) is 27.5 Å². The maximum atomic E-state index is 4.98. The van der Waals surface area contributed by atoms with E-state index in [-0.39, 0.29) is 0 Å². The van der Waals surface area contributed by atoms with Crippen LogP contribution in [0.3, 0.4) is 0 Å². The Morgan fingerprint density at radius 2 is 1.39 bits per heavy atom. The number of fused-ring (bicyclic) bond motifs is 2. The summed E-state index contributed by atoms with van der Waals surface area (Å²) in [5.41, 5.74) is 16.0. The molecule has 2 heteroatoms. The molecule has 56 heavy (non-hydrogen) atoms. The molecule has 0 fully saturated rings. The fraction of sp³-hybridized carbons (Fsp3) is 0.0741. The smallest absolute Gasteiger partial charge is 0.0786 e. The highest BCUT2D eigenvalue weighted by molar-refractivity contribution is 6.06. The molecule has 0 radical (unpaired) electrons. The quantitative estimate of drug-likeness (QED) is 0.0912. The lowest BCUT2D eigenvalue weighted by Gasteiger charge is -2.17. The highest BCUT2D eigenvalue weighted by Gasteiger charge is 2.16. The van der Waals surface area contributed by atoms with Crippen molar-refractivity contribution in [1.82, 2.24) is 4.98 Å². The van der Waals surface area contributed by atoms with Gasteiger partial charge < -0.3 is 0 Å². The second-order valence-corrected chi connectivity index (χ2v) is 13.9. The summed E-state index contributed by atoms with van der Waals surface area (Å²) in [4.78, 5) is 9.77. The zero-order valence-corrected chi connectivity index (χ0v) is 32.3. The summed E-state index contributed by atoms with van der Waals surface area (Å²) in [6.45, 7) is 20.1. The summed E-state index contributed by atoms with van der Waals surface area (Å²) in [5, 5.41) is 3.53. The Labute approximate surface area is 331 Å².